The van der Waals surface area contributed by atoms with Gasteiger partial charge in [-0.1, -0.05) is 11.6 Å². The van der Waals surface area contributed by atoms with Gasteiger partial charge in [0.15, 0.2) is 5.69 Å². The molecule has 0 fully saturated rings. The third kappa shape index (κ3) is 3.65. The van der Waals surface area contributed by atoms with E-state index in [1.807, 2.05) is 6.07 Å². The normalized spacial score (nSPS) is 10.9. The molecule has 0 bridgehead atoms. The van der Waals surface area contributed by atoms with Crippen LogP contribution in [-0.4, -0.2) is 9.85 Å². The molecule has 1 N–H and O–H groups in total. The molecule has 0 spiro atoms. The van der Waals surface area contributed by atoms with E-state index < -0.39 is 43.7 Å². The smallest absolute Gasteiger partial charge is 0.344 e. The van der Waals surface area contributed by atoms with E-state index in [1.54, 1.807) is 0 Å². The number of rotatable bonds is 4. The fourth-order valence-corrected chi connectivity index (χ4v) is 2.37. The lowest BCUT2D eigenvalue weighted by Gasteiger charge is -2.13. The minimum absolute atomic E-state index is 0.0750. The number of nitro benzene ring substituents is 2. The van der Waals surface area contributed by atoms with Crippen LogP contribution in [0.5, 0.6) is 0 Å². The van der Waals surface area contributed by atoms with Crippen molar-refractivity contribution in [3.05, 3.63) is 66.7 Å². The minimum Gasteiger partial charge on any atom is -0.344 e. The average molecular weight is 387 g/mol. The maximum Gasteiger partial charge on any atom is 0.418 e. The highest BCUT2D eigenvalue weighted by molar-refractivity contribution is 6.34. The first-order valence-corrected chi connectivity index (χ1v) is 6.93. The zero-order valence-corrected chi connectivity index (χ0v) is 13.1. The minimum atomic E-state index is -5.13. The highest BCUT2D eigenvalue weighted by Crippen LogP contribution is 2.48. The first-order chi connectivity index (χ1) is 12.1. The van der Waals surface area contributed by atoms with E-state index >= 15 is 0 Å². The van der Waals surface area contributed by atoms with Crippen molar-refractivity contribution in [3.8, 4) is 6.07 Å². The molecule has 0 amide bonds. The number of anilines is 2. The summed E-state index contributed by atoms with van der Waals surface area (Å²) >= 11 is 5.52. The highest BCUT2D eigenvalue weighted by atomic mass is 35.5. The van der Waals surface area contributed by atoms with Crippen molar-refractivity contribution in [1.29, 1.82) is 5.26 Å². The van der Waals surface area contributed by atoms with E-state index in [1.165, 1.54) is 24.3 Å². The number of nitro groups is 2. The monoisotopic (exact) mass is 386 g/mol. The Morgan fingerprint density at radius 2 is 1.69 bits per heavy atom. The summed E-state index contributed by atoms with van der Waals surface area (Å²) in [5, 5.41) is 32.2. The molecule has 0 atom stereocenters. The number of alkyl halides is 3. The molecule has 12 heteroatoms. The summed E-state index contributed by atoms with van der Waals surface area (Å²) in [6, 6.07) is 7.12. The Hall–Kier alpha value is -3.39. The molecule has 26 heavy (non-hydrogen) atoms. The van der Waals surface area contributed by atoms with Crippen LogP contribution >= 0.6 is 11.6 Å². The molecule has 0 radical (unpaired) electrons. The van der Waals surface area contributed by atoms with Gasteiger partial charge in [-0.3, -0.25) is 20.2 Å². The van der Waals surface area contributed by atoms with E-state index in [4.69, 9.17) is 16.9 Å². The Kier molecular flexibility index (Phi) is 4.99. The fraction of sp³-hybridized carbons (Fsp3) is 0.0714. The first-order valence-electron chi connectivity index (χ1n) is 6.56. The standard InChI is InChI=1S/C14H6ClF3N4O4/c15-11-9(14(16,17)18)5-10(21(23)24)12(13(11)22(25)26)20-8-3-1-7(6-19)2-4-8/h1-5,20H. The van der Waals surface area contributed by atoms with Crippen LogP contribution in [-0.2, 0) is 6.18 Å². The Morgan fingerprint density at radius 1 is 1.12 bits per heavy atom. The maximum atomic E-state index is 13.0. The Labute approximate surface area is 147 Å². The van der Waals surface area contributed by atoms with Crippen LogP contribution in [0.2, 0.25) is 5.02 Å². The highest BCUT2D eigenvalue weighted by Gasteiger charge is 2.42. The van der Waals surface area contributed by atoms with Gasteiger partial charge in [-0.2, -0.15) is 18.4 Å². The number of benzene rings is 2. The predicted molar refractivity (Wildman–Crippen MR) is 84.2 cm³/mol. The van der Waals surface area contributed by atoms with Gasteiger partial charge >= 0.3 is 17.6 Å². The van der Waals surface area contributed by atoms with Crippen LogP contribution in [0.25, 0.3) is 0 Å². The molecule has 2 aromatic rings. The maximum absolute atomic E-state index is 13.0. The Bertz CT molecular complexity index is 939. The second-order valence-electron chi connectivity index (χ2n) is 4.81. The van der Waals surface area contributed by atoms with Crippen LogP contribution in [0, 0.1) is 31.6 Å². The number of halogens is 4. The summed E-state index contributed by atoms with van der Waals surface area (Å²) in [5.41, 5.74) is -4.63. The zero-order chi connectivity index (χ0) is 19.6. The van der Waals surface area contributed by atoms with Gasteiger partial charge in [0.05, 0.1) is 27.0 Å². The fourth-order valence-electron chi connectivity index (χ4n) is 2.05. The molecule has 2 rings (SSSR count). The van der Waals surface area contributed by atoms with Crippen LogP contribution in [0.1, 0.15) is 11.1 Å². The van der Waals surface area contributed by atoms with Crippen molar-refractivity contribution < 1.29 is 23.0 Å². The summed E-state index contributed by atoms with van der Waals surface area (Å²) < 4.78 is 39.0. The lowest BCUT2D eigenvalue weighted by atomic mass is 10.1. The predicted octanol–water partition coefficient (Wildman–Crippen LogP) is 4.79. The van der Waals surface area contributed by atoms with Crippen LogP contribution in [0.4, 0.5) is 35.9 Å². The Morgan fingerprint density at radius 3 is 2.12 bits per heavy atom. The number of nitrogens with one attached hydrogen (secondary N) is 1. The van der Waals surface area contributed by atoms with E-state index in [0.717, 1.165) is 0 Å². The molecule has 134 valence electrons. The molecule has 8 nitrogen and oxygen atoms in total. The summed E-state index contributed by atoms with van der Waals surface area (Å²) in [6.07, 6.45) is -5.13. The molecule has 0 aliphatic carbocycles. The van der Waals surface area contributed by atoms with Gasteiger partial charge in [-0.05, 0) is 24.3 Å². The summed E-state index contributed by atoms with van der Waals surface area (Å²) in [7, 11) is 0. The molecule has 0 saturated carbocycles. The van der Waals surface area contributed by atoms with Gasteiger partial charge in [-0.25, -0.2) is 0 Å². The third-order valence-electron chi connectivity index (χ3n) is 3.19. The van der Waals surface area contributed by atoms with Crippen LogP contribution in [0.15, 0.2) is 30.3 Å². The zero-order valence-electron chi connectivity index (χ0n) is 12.4. The second-order valence-corrected chi connectivity index (χ2v) is 5.18. The van der Waals surface area contributed by atoms with Crippen molar-refractivity contribution in [2.45, 2.75) is 6.18 Å². The van der Waals surface area contributed by atoms with Crippen molar-refractivity contribution in [2.75, 3.05) is 5.32 Å². The van der Waals surface area contributed by atoms with Crippen molar-refractivity contribution >= 4 is 34.4 Å². The summed E-state index contributed by atoms with van der Waals surface area (Å²) in [6.45, 7) is 0. The van der Waals surface area contributed by atoms with Crippen LogP contribution < -0.4 is 5.32 Å². The molecular formula is C14H6ClF3N4O4. The van der Waals surface area contributed by atoms with Crippen molar-refractivity contribution in [3.63, 3.8) is 0 Å². The van der Waals surface area contributed by atoms with Gasteiger partial charge in [0.1, 0.15) is 5.02 Å². The molecule has 0 aliphatic rings. The number of nitrogens with zero attached hydrogens (tertiary/aromatic N) is 3. The van der Waals surface area contributed by atoms with E-state index in [0.29, 0.717) is 0 Å². The number of hydrogen-bond donors (Lipinski definition) is 1. The molecule has 0 saturated heterocycles. The van der Waals surface area contributed by atoms with Gasteiger partial charge < -0.3 is 5.32 Å². The van der Waals surface area contributed by atoms with Gasteiger partial charge in [0, 0.05) is 11.8 Å². The lowest BCUT2D eigenvalue weighted by Crippen LogP contribution is -2.11. The SMILES string of the molecule is N#Cc1ccc(Nc2c([N+](=O)[O-])cc(C(F)(F)F)c(Cl)c2[N+](=O)[O-])cc1. The van der Waals surface area contributed by atoms with Gasteiger partial charge in [0.2, 0.25) is 0 Å². The summed E-state index contributed by atoms with van der Waals surface area (Å²) in [5.74, 6) is 0. The second kappa shape index (κ2) is 6.85. The molecule has 2 aromatic carbocycles. The third-order valence-corrected chi connectivity index (χ3v) is 3.57. The first kappa shape index (κ1) is 18.9. The van der Waals surface area contributed by atoms with Crippen LogP contribution in [0.3, 0.4) is 0 Å². The molecule has 0 unspecified atom stereocenters. The van der Waals surface area contributed by atoms with Gasteiger partial charge in [-0.15, -0.1) is 0 Å². The lowest BCUT2D eigenvalue weighted by molar-refractivity contribution is -0.392. The number of hydrogen-bond acceptors (Lipinski definition) is 6. The molecule has 0 aliphatic heterocycles. The van der Waals surface area contributed by atoms with E-state index in [2.05, 4.69) is 5.32 Å². The van der Waals surface area contributed by atoms with Gasteiger partial charge in [0.25, 0.3) is 0 Å². The topological polar surface area (TPSA) is 122 Å². The number of nitriles is 1. The Balaban J connectivity index is 2.73. The van der Waals surface area contributed by atoms with E-state index in [9.17, 15) is 33.4 Å². The van der Waals surface area contributed by atoms with E-state index in [-0.39, 0.29) is 17.3 Å². The average Bonchev–Trinajstić information content (AvgIpc) is 2.53. The molecule has 0 aromatic heterocycles. The quantitative estimate of drug-likeness (QED) is 0.595. The summed E-state index contributed by atoms with van der Waals surface area (Å²) in [4.78, 5) is 20.0. The molecular weight excluding hydrogens is 381 g/mol. The largest absolute Gasteiger partial charge is 0.418 e. The van der Waals surface area contributed by atoms with Crippen molar-refractivity contribution in [2.24, 2.45) is 0 Å². The molecule has 0 heterocycles. The van der Waals surface area contributed by atoms with Crippen molar-refractivity contribution in [1.82, 2.24) is 0 Å².